The summed E-state index contributed by atoms with van der Waals surface area (Å²) in [6.45, 7) is 3.85. The summed E-state index contributed by atoms with van der Waals surface area (Å²) in [6.07, 6.45) is 5.18. The van der Waals surface area contributed by atoms with Gasteiger partial charge in [-0.15, -0.1) is 0 Å². The van der Waals surface area contributed by atoms with Crippen LogP contribution in [0.25, 0.3) is 0 Å². The van der Waals surface area contributed by atoms with Crippen molar-refractivity contribution in [3.63, 3.8) is 0 Å². The Morgan fingerprint density at radius 1 is 1.42 bits per heavy atom. The molecule has 0 bridgehead atoms. The van der Waals surface area contributed by atoms with E-state index in [1.54, 1.807) is 18.3 Å². The third kappa shape index (κ3) is 3.77. The monoisotopic (exact) mass is 261 g/mol. The lowest BCUT2D eigenvalue weighted by Gasteiger charge is -2.30. The van der Waals surface area contributed by atoms with Crippen LogP contribution in [-0.2, 0) is 4.79 Å². The second-order valence-electron chi connectivity index (χ2n) is 4.99. The van der Waals surface area contributed by atoms with Crippen LogP contribution in [0.5, 0.6) is 0 Å². The maximum Gasteiger partial charge on any atom is 0.253 e. The standard InChI is InChI=1S/C14H19N3O2/c1-11-4-7-17(8-5-11)13(18)10-16-14(19)12-3-2-6-15-9-12/h2-3,6,9,11H,4-5,7-8,10H2,1H3,(H,16,19). The van der Waals surface area contributed by atoms with Crippen LogP contribution in [0.1, 0.15) is 30.1 Å². The zero-order valence-electron chi connectivity index (χ0n) is 11.1. The van der Waals surface area contributed by atoms with Crippen LogP contribution in [0, 0.1) is 5.92 Å². The molecule has 0 aromatic carbocycles. The maximum absolute atomic E-state index is 11.9. The molecule has 0 spiro atoms. The second kappa shape index (κ2) is 6.31. The smallest absolute Gasteiger partial charge is 0.253 e. The van der Waals surface area contributed by atoms with Gasteiger partial charge in [0.25, 0.3) is 5.91 Å². The Morgan fingerprint density at radius 3 is 2.79 bits per heavy atom. The minimum Gasteiger partial charge on any atom is -0.343 e. The first-order valence-corrected chi connectivity index (χ1v) is 6.63. The average molecular weight is 261 g/mol. The summed E-state index contributed by atoms with van der Waals surface area (Å²) in [5.74, 6) is 0.421. The molecule has 1 fully saturated rings. The molecule has 5 nitrogen and oxygen atoms in total. The van der Waals surface area contributed by atoms with Gasteiger partial charge in [0.05, 0.1) is 12.1 Å². The number of hydrogen-bond acceptors (Lipinski definition) is 3. The predicted octanol–water partition coefficient (Wildman–Crippen LogP) is 1.07. The maximum atomic E-state index is 11.9. The summed E-state index contributed by atoms with van der Waals surface area (Å²) in [7, 11) is 0. The summed E-state index contributed by atoms with van der Waals surface area (Å²) in [5, 5.41) is 2.64. The van der Waals surface area contributed by atoms with E-state index in [0.717, 1.165) is 25.9 Å². The van der Waals surface area contributed by atoms with Gasteiger partial charge >= 0.3 is 0 Å². The lowest BCUT2D eigenvalue weighted by atomic mass is 9.99. The molecule has 0 unspecified atom stereocenters. The van der Waals surface area contributed by atoms with Crippen molar-refractivity contribution in [1.29, 1.82) is 0 Å². The summed E-state index contributed by atoms with van der Waals surface area (Å²) in [5.41, 5.74) is 0.475. The largest absolute Gasteiger partial charge is 0.343 e. The molecule has 102 valence electrons. The molecule has 2 rings (SSSR count). The van der Waals surface area contributed by atoms with Crippen molar-refractivity contribution in [3.8, 4) is 0 Å². The topological polar surface area (TPSA) is 62.3 Å². The number of hydrogen-bond donors (Lipinski definition) is 1. The fourth-order valence-corrected chi connectivity index (χ4v) is 2.12. The van der Waals surface area contributed by atoms with Gasteiger partial charge in [-0.1, -0.05) is 6.92 Å². The number of amides is 2. The van der Waals surface area contributed by atoms with Crippen LogP contribution in [0.4, 0.5) is 0 Å². The fraction of sp³-hybridized carbons (Fsp3) is 0.500. The molecule has 0 radical (unpaired) electrons. The highest BCUT2D eigenvalue weighted by Gasteiger charge is 2.20. The fourth-order valence-electron chi connectivity index (χ4n) is 2.12. The van der Waals surface area contributed by atoms with E-state index >= 15 is 0 Å². The molecule has 2 heterocycles. The molecule has 1 aromatic rings. The second-order valence-corrected chi connectivity index (χ2v) is 4.99. The summed E-state index contributed by atoms with van der Waals surface area (Å²) in [4.78, 5) is 29.4. The van der Waals surface area contributed by atoms with Gasteiger partial charge < -0.3 is 10.2 Å². The Balaban J connectivity index is 1.79. The van der Waals surface area contributed by atoms with E-state index in [0.29, 0.717) is 11.5 Å². The van der Waals surface area contributed by atoms with Crippen LogP contribution in [0.2, 0.25) is 0 Å². The number of aromatic nitrogens is 1. The number of rotatable bonds is 3. The summed E-state index contributed by atoms with van der Waals surface area (Å²) < 4.78 is 0. The zero-order chi connectivity index (χ0) is 13.7. The Bertz CT molecular complexity index is 439. The van der Waals surface area contributed by atoms with Crippen molar-refractivity contribution in [2.24, 2.45) is 5.92 Å². The van der Waals surface area contributed by atoms with Gasteiger partial charge in [-0.25, -0.2) is 0 Å². The molecular formula is C14H19N3O2. The minimum atomic E-state index is -0.258. The first-order chi connectivity index (χ1) is 9.16. The molecule has 1 N–H and O–H groups in total. The van der Waals surface area contributed by atoms with Crippen molar-refractivity contribution in [2.45, 2.75) is 19.8 Å². The number of piperidine rings is 1. The molecule has 1 saturated heterocycles. The molecule has 0 atom stereocenters. The molecule has 0 aliphatic carbocycles. The number of pyridine rings is 1. The molecular weight excluding hydrogens is 242 g/mol. The van der Waals surface area contributed by atoms with E-state index in [-0.39, 0.29) is 18.4 Å². The quantitative estimate of drug-likeness (QED) is 0.885. The third-order valence-corrected chi connectivity index (χ3v) is 3.46. The first-order valence-electron chi connectivity index (χ1n) is 6.63. The van der Waals surface area contributed by atoms with Gasteiger partial charge in [-0.3, -0.25) is 14.6 Å². The number of carbonyl (C=O) groups excluding carboxylic acids is 2. The molecule has 19 heavy (non-hydrogen) atoms. The Labute approximate surface area is 113 Å². The summed E-state index contributed by atoms with van der Waals surface area (Å²) >= 11 is 0. The minimum absolute atomic E-state index is 0.0101. The van der Waals surface area contributed by atoms with Crippen LogP contribution in [-0.4, -0.2) is 41.3 Å². The van der Waals surface area contributed by atoms with E-state index in [1.165, 1.54) is 6.20 Å². The molecule has 2 amide bonds. The van der Waals surface area contributed by atoms with Crippen LogP contribution < -0.4 is 5.32 Å². The molecule has 5 heteroatoms. The van der Waals surface area contributed by atoms with Gasteiger partial charge in [0.1, 0.15) is 0 Å². The third-order valence-electron chi connectivity index (χ3n) is 3.46. The molecule has 1 aromatic heterocycles. The number of nitrogens with one attached hydrogen (secondary N) is 1. The van der Waals surface area contributed by atoms with Gasteiger partial charge in [0, 0.05) is 25.5 Å². The van der Waals surface area contributed by atoms with E-state index in [9.17, 15) is 9.59 Å². The SMILES string of the molecule is CC1CCN(C(=O)CNC(=O)c2cccnc2)CC1. The highest BCUT2D eigenvalue weighted by Crippen LogP contribution is 2.15. The Kier molecular flexibility index (Phi) is 4.49. The van der Waals surface area contributed by atoms with Crippen molar-refractivity contribution in [2.75, 3.05) is 19.6 Å². The molecule has 1 aliphatic rings. The normalized spacial score (nSPS) is 16.2. The molecule has 0 saturated carbocycles. The zero-order valence-corrected chi connectivity index (χ0v) is 11.1. The number of likely N-dealkylation sites (tertiary alicyclic amines) is 1. The highest BCUT2D eigenvalue weighted by molar-refractivity contribution is 5.96. The summed E-state index contributed by atoms with van der Waals surface area (Å²) in [6, 6.07) is 3.37. The van der Waals surface area contributed by atoms with E-state index in [1.807, 2.05) is 4.90 Å². The van der Waals surface area contributed by atoms with Gasteiger partial charge in [0.15, 0.2) is 0 Å². The predicted molar refractivity (Wildman–Crippen MR) is 71.5 cm³/mol. The lowest BCUT2D eigenvalue weighted by Crippen LogP contribution is -2.43. The Hall–Kier alpha value is -1.91. The first kappa shape index (κ1) is 13.5. The van der Waals surface area contributed by atoms with Crippen LogP contribution in [0.3, 0.4) is 0 Å². The Morgan fingerprint density at radius 2 is 2.16 bits per heavy atom. The van der Waals surface area contributed by atoms with Crippen molar-refractivity contribution in [1.82, 2.24) is 15.2 Å². The lowest BCUT2D eigenvalue weighted by molar-refractivity contribution is -0.131. The van der Waals surface area contributed by atoms with Gasteiger partial charge in [-0.05, 0) is 30.9 Å². The van der Waals surface area contributed by atoms with Crippen LogP contribution in [0.15, 0.2) is 24.5 Å². The van der Waals surface area contributed by atoms with Crippen molar-refractivity contribution >= 4 is 11.8 Å². The van der Waals surface area contributed by atoms with Gasteiger partial charge in [0.2, 0.25) is 5.91 Å². The number of carbonyl (C=O) groups is 2. The van der Waals surface area contributed by atoms with E-state index in [4.69, 9.17) is 0 Å². The van der Waals surface area contributed by atoms with E-state index in [2.05, 4.69) is 17.2 Å². The average Bonchev–Trinajstić information content (AvgIpc) is 2.46. The van der Waals surface area contributed by atoms with Crippen molar-refractivity contribution < 1.29 is 9.59 Å². The van der Waals surface area contributed by atoms with Crippen molar-refractivity contribution in [3.05, 3.63) is 30.1 Å². The van der Waals surface area contributed by atoms with Crippen LogP contribution >= 0.6 is 0 Å². The van der Waals surface area contributed by atoms with E-state index < -0.39 is 0 Å². The van der Waals surface area contributed by atoms with Gasteiger partial charge in [-0.2, -0.15) is 0 Å². The molecule has 1 aliphatic heterocycles. The number of nitrogens with zero attached hydrogens (tertiary/aromatic N) is 2. The highest BCUT2D eigenvalue weighted by atomic mass is 16.2.